The number of hydrogen-bond donors (Lipinski definition) is 3. The molecule has 0 amide bonds. The number of nitrogens with two attached hydrogens (primary N) is 1. The zero-order chi connectivity index (χ0) is 16.9. The third kappa shape index (κ3) is 2.13. The molecule has 0 saturated heterocycles. The van der Waals surface area contributed by atoms with Gasteiger partial charge in [0.05, 0.1) is 11.1 Å². The standard InChI is InChI=1S/C18H19N3O3/c19-15-11(5-6-17-8-18(9-17,10-17)16(23)24)7-13(20-21-15)12-3-1-2-4-14(12)22/h1-4,7,22H,5-6,8-10H2,(H2,19,21)(H,23,24). The number of para-hydroxylation sites is 1. The van der Waals surface area contributed by atoms with Gasteiger partial charge in [-0.05, 0) is 61.3 Å². The molecule has 3 aliphatic rings. The second-order valence-corrected chi connectivity index (χ2v) is 7.27. The molecule has 5 rings (SSSR count). The maximum atomic E-state index is 11.2. The smallest absolute Gasteiger partial charge is 0.309 e. The van der Waals surface area contributed by atoms with Gasteiger partial charge in [-0.2, -0.15) is 0 Å². The molecular formula is C18H19N3O3. The van der Waals surface area contributed by atoms with E-state index < -0.39 is 11.4 Å². The molecule has 0 radical (unpaired) electrons. The van der Waals surface area contributed by atoms with Gasteiger partial charge in [-0.3, -0.25) is 4.79 Å². The van der Waals surface area contributed by atoms with Crippen molar-refractivity contribution in [2.45, 2.75) is 32.1 Å². The van der Waals surface area contributed by atoms with Gasteiger partial charge < -0.3 is 15.9 Å². The van der Waals surface area contributed by atoms with E-state index >= 15 is 0 Å². The van der Waals surface area contributed by atoms with Crippen molar-refractivity contribution in [3.63, 3.8) is 0 Å². The van der Waals surface area contributed by atoms with Crippen molar-refractivity contribution in [3.05, 3.63) is 35.9 Å². The van der Waals surface area contributed by atoms with Crippen LogP contribution >= 0.6 is 0 Å². The van der Waals surface area contributed by atoms with E-state index in [-0.39, 0.29) is 11.2 Å². The molecule has 6 heteroatoms. The first-order chi connectivity index (χ1) is 11.4. The van der Waals surface area contributed by atoms with Crippen LogP contribution in [0.25, 0.3) is 11.3 Å². The van der Waals surface area contributed by atoms with Crippen LogP contribution in [0.1, 0.15) is 31.2 Å². The van der Waals surface area contributed by atoms with E-state index in [4.69, 9.17) is 5.73 Å². The Morgan fingerprint density at radius 2 is 1.92 bits per heavy atom. The predicted molar refractivity (Wildman–Crippen MR) is 88.2 cm³/mol. The van der Waals surface area contributed by atoms with Crippen molar-refractivity contribution in [3.8, 4) is 17.0 Å². The van der Waals surface area contributed by atoms with Gasteiger partial charge in [-0.25, -0.2) is 0 Å². The van der Waals surface area contributed by atoms with Crippen LogP contribution in [0.2, 0.25) is 0 Å². The number of aromatic hydroxyl groups is 1. The second kappa shape index (κ2) is 4.93. The highest BCUT2D eigenvalue weighted by molar-refractivity contribution is 5.79. The van der Waals surface area contributed by atoms with Crippen molar-refractivity contribution < 1.29 is 15.0 Å². The topological polar surface area (TPSA) is 109 Å². The van der Waals surface area contributed by atoms with Crippen LogP contribution < -0.4 is 5.73 Å². The number of aryl methyl sites for hydroxylation is 1. The Morgan fingerprint density at radius 1 is 1.21 bits per heavy atom. The molecular weight excluding hydrogens is 306 g/mol. The number of carboxylic acids is 1. The molecule has 6 nitrogen and oxygen atoms in total. The van der Waals surface area contributed by atoms with Gasteiger partial charge in [0.1, 0.15) is 11.6 Å². The number of aromatic nitrogens is 2. The quantitative estimate of drug-likeness (QED) is 0.779. The minimum Gasteiger partial charge on any atom is -0.507 e. The molecule has 0 unspecified atom stereocenters. The number of hydrogen-bond acceptors (Lipinski definition) is 5. The normalized spacial score (nSPS) is 27.2. The lowest BCUT2D eigenvalue weighted by molar-refractivity contribution is -0.224. The number of phenolic OH excluding ortho intramolecular Hbond substituents is 1. The summed E-state index contributed by atoms with van der Waals surface area (Å²) in [6, 6.07) is 8.86. The van der Waals surface area contributed by atoms with E-state index in [1.807, 2.05) is 12.1 Å². The van der Waals surface area contributed by atoms with Gasteiger partial charge in [0.25, 0.3) is 0 Å². The molecule has 3 aliphatic carbocycles. The second-order valence-electron chi connectivity index (χ2n) is 7.27. The van der Waals surface area contributed by atoms with Crippen molar-refractivity contribution in [2.24, 2.45) is 10.8 Å². The molecule has 2 aromatic rings. The molecule has 3 saturated carbocycles. The summed E-state index contributed by atoms with van der Waals surface area (Å²) >= 11 is 0. The zero-order valence-corrected chi connectivity index (χ0v) is 13.2. The molecule has 24 heavy (non-hydrogen) atoms. The lowest BCUT2D eigenvalue weighted by Crippen LogP contribution is -2.65. The number of rotatable bonds is 5. The van der Waals surface area contributed by atoms with Gasteiger partial charge in [0.2, 0.25) is 0 Å². The van der Waals surface area contributed by atoms with Crippen LogP contribution in [0, 0.1) is 10.8 Å². The number of nitrogens with zero attached hydrogens (tertiary/aromatic N) is 2. The molecule has 4 N–H and O–H groups in total. The molecule has 1 heterocycles. The van der Waals surface area contributed by atoms with Crippen molar-refractivity contribution >= 4 is 11.8 Å². The van der Waals surface area contributed by atoms with Crippen molar-refractivity contribution in [1.29, 1.82) is 0 Å². The maximum Gasteiger partial charge on any atom is 0.309 e. The van der Waals surface area contributed by atoms with Crippen LogP contribution in [-0.4, -0.2) is 26.4 Å². The van der Waals surface area contributed by atoms with Gasteiger partial charge in [0, 0.05) is 5.56 Å². The van der Waals surface area contributed by atoms with Crippen LogP contribution in [0.15, 0.2) is 30.3 Å². The number of carbonyl (C=O) groups is 1. The molecule has 1 aromatic heterocycles. The Labute approximate surface area is 139 Å². The Kier molecular flexibility index (Phi) is 3.07. The van der Waals surface area contributed by atoms with Gasteiger partial charge >= 0.3 is 5.97 Å². The zero-order valence-electron chi connectivity index (χ0n) is 13.2. The molecule has 0 spiro atoms. The number of carboxylic acid groups (broad SMARTS) is 1. The summed E-state index contributed by atoms with van der Waals surface area (Å²) in [4.78, 5) is 11.2. The minimum absolute atomic E-state index is 0.158. The third-order valence-corrected chi connectivity index (χ3v) is 5.60. The number of benzene rings is 1. The number of phenols is 1. The van der Waals surface area contributed by atoms with E-state index in [0.29, 0.717) is 17.1 Å². The molecule has 1 aromatic carbocycles. The Balaban J connectivity index is 1.50. The highest BCUT2D eigenvalue weighted by Gasteiger charge is 2.71. The lowest BCUT2D eigenvalue weighted by Gasteiger charge is -2.68. The first kappa shape index (κ1) is 14.9. The van der Waals surface area contributed by atoms with Gasteiger partial charge in [0.15, 0.2) is 0 Å². The third-order valence-electron chi connectivity index (χ3n) is 5.60. The summed E-state index contributed by atoms with van der Waals surface area (Å²) in [7, 11) is 0. The van der Waals surface area contributed by atoms with Crippen LogP contribution in [0.3, 0.4) is 0 Å². The summed E-state index contributed by atoms with van der Waals surface area (Å²) < 4.78 is 0. The fourth-order valence-corrected chi connectivity index (χ4v) is 4.35. The average Bonchev–Trinajstić information content (AvgIpc) is 2.46. The minimum atomic E-state index is -0.656. The number of nitrogen functional groups attached to an aromatic ring is 1. The van der Waals surface area contributed by atoms with Gasteiger partial charge in [-0.1, -0.05) is 12.1 Å². The summed E-state index contributed by atoms with van der Waals surface area (Å²) in [5, 5.41) is 27.3. The van der Waals surface area contributed by atoms with E-state index in [2.05, 4.69) is 10.2 Å². The summed E-state index contributed by atoms with van der Waals surface area (Å²) in [6.07, 6.45) is 4.00. The van der Waals surface area contributed by atoms with Crippen LogP contribution in [-0.2, 0) is 11.2 Å². The fraction of sp³-hybridized carbons (Fsp3) is 0.389. The number of aliphatic carboxylic acids is 1. The molecule has 124 valence electrons. The van der Waals surface area contributed by atoms with Gasteiger partial charge in [-0.15, -0.1) is 10.2 Å². The molecule has 3 fully saturated rings. The molecule has 2 bridgehead atoms. The highest BCUT2D eigenvalue weighted by Crippen LogP contribution is 2.75. The average molecular weight is 325 g/mol. The van der Waals surface area contributed by atoms with Crippen LogP contribution in [0.5, 0.6) is 5.75 Å². The maximum absolute atomic E-state index is 11.2. The van der Waals surface area contributed by atoms with Crippen LogP contribution in [0.4, 0.5) is 5.82 Å². The fourth-order valence-electron chi connectivity index (χ4n) is 4.35. The SMILES string of the molecule is Nc1nnc(-c2ccccc2O)cc1CCC12CC(C(=O)O)(C1)C2. The van der Waals surface area contributed by atoms with E-state index in [0.717, 1.165) is 37.7 Å². The highest BCUT2D eigenvalue weighted by atomic mass is 16.4. The monoisotopic (exact) mass is 325 g/mol. The van der Waals surface area contributed by atoms with E-state index in [9.17, 15) is 15.0 Å². The van der Waals surface area contributed by atoms with Crippen molar-refractivity contribution in [1.82, 2.24) is 10.2 Å². The first-order valence-electron chi connectivity index (χ1n) is 8.07. The summed E-state index contributed by atoms with van der Waals surface area (Å²) in [5.41, 5.74) is 7.80. The largest absolute Gasteiger partial charge is 0.507 e. The predicted octanol–water partition coefficient (Wildman–Crippen LogP) is 2.62. The van der Waals surface area contributed by atoms with Crippen molar-refractivity contribution in [2.75, 3.05) is 5.73 Å². The Morgan fingerprint density at radius 3 is 2.58 bits per heavy atom. The summed E-state index contributed by atoms with van der Waals surface area (Å²) in [5.74, 6) is -0.102. The first-order valence-corrected chi connectivity index (χ1v) is 8.07. The Bertz CT molecular complexity index is 814. The van der Waals surface area contributed by atoms with E-state index in [1.165, 1.54) is 0 Å². The molecule has 0 aliphatic heterocycles. The summed E-state index contributed by atoms with van der Waals surface area (Å²) in [6.45, 7) is 0. The number of anilines is 1. The lowest BCUT2D eigenvalue weighted by atomic mass is 9.34. The van der Waals surface area contributed by atoms with E-state index in [1.54, 1.807) is 18.2 Å². The Hall–Kier alpha value is -2.63. The molecule has 0 atom stereocenters.